The third-order valence-corrected chi connectivity index (χ3v) is 2.05. The minimum absolute atomic E-state index is 0.0810. The first-order valence-corrected chi connectivity index (χ1v) is 3.51. The lowest BCUT2D eigenvalue weighted by Gasteiger charge is -1.90. The monoisotopic (exact) mass is 157 g/mol. The van der Waals surface area contributed by atoms with Crippen molar-refractivity contribution < 1.29 is 5.11 Å². The molecule has 3 nitrogen and oxygen atoms in total. The van der Waals surface area contributed by atoms with E-state index in [4.69, 9.17) is 5.11 Å². The van der Waals surface area contributed by atoms with Crippen molar-refractivity contribution in [3.05, 3.63) is 21.1 Å². The summed E-state index contributed by atoms with van der Waals surface area (Å²) in [6.07, 6.45) is 0. The van der Waals surface area contributed by atoms with Gasteiger partial charge in [-0.2, -0.15) is 0 Å². The maximum atomic E-state index is 10.6. The van der Waals surface area contributed by atoms with Gasteiger partial charge in [-0.3, -0.25) is 9.78 Å². The molecule has 10 heavy (non-hydrogen) atoms. The third kappa shape index (κ3) is 1.11. The average molecular weight is 157 g/mol. The molecule has 0 unspecified atom stereocenters. The van der Waals surface area contributed by atoms with Crippen LogP contribution < -0.4 is 4.87 Å². The molecule has 1 aromatic rings. The minimum atomic E-state index is -0.254. The fourth-order valence-electron chi connectivity index (χ4n) is 0.609. The van der Waals surface area contributed by atoms with Crippen LogP contribution in [0, 0.1) is 0 Å². The van der Waals surface area contributed by atoms with Gasteiger partial charge in [0.05, 0.1) is 4.88 Å². The van der Waals surface area contributed by atoms with Gasteiger partial charge in [0.2, 0.25) is 5.88 Å². The maximum absolute atomic E-state index is 10.6. The Kier molecular flexibility index (Phi) is 1.63. The van der Waals surface area contributed by atoms with E-state index in [-0.39, 0.29) is 10.8 Å². The molecule has 0 amide bonds. The number of thiazole rings is 1. The molecule has 0 aliphatic carbocycles. The Morgan fingerprint density at radius 1 is 1.80 bits per heavy atom. The summed E-state index contributed by atoms with van der Waals surface area (Å²) in [5.41, 5.74) is 0.695. The molecular weight excluding hydrogens is 150 g/mol. The van der Waals surface area contributed by atoms with E-state index in [1.165, 1.54) is 0 Å². The molecule has 2 N–H and O–H groups in total. The summed E-state index contributed by atoms with van der Waals surface area (Å²) < 4.78 is 0. The van der Waals surface area contributed by atoms with Crippen LogP contribution in [0.3, 0.4) is 0 Å². The second-order valence-electron chi connectivity index (χ2n) is 1.97. The SMILES string of the molecule is C=C(C)c1sc(=O)[nH]c1O. The highest BCUT2D eigenvalue weighted by Crippen LogP contribution is 2.22. The first kappa shape index (κ1) is 7.08. The van der Waals surface area contributed by atoms with Gasteiger partial charge >= 0.3 is 4.87 Å². The Labute approximate surface area is 61.7 Å². The lowest BCUT2D eigenvalue weighted by molar-refractivity contribution is 0.454. The van der Waals surface area contributed by atoms with Crippen LogP contribution in [0.15, 0.2) is 11.4 Å². The number of aromatic nitrogens is 1. The van der Waals surface area contributed by atoms with Crippen LogP contribution in [0.5, 0.6) is 5.88 Å². The van der Waals surface area contributed by atoms with E-state index in [9.17, 15) is 4.79 Å². The van der Waals surface area contributed by atoms with Crippen molar-refractivity contribution >= 4 is 16.9 Å². The van der Waals surface area contributed by atoms with Crippen LogP contribution in [0.25, 0.3) is 5.57 Å². The second kappa shape index (κ2) is 2.30. The molecule has 0 radical (unpaired) electrons. The van der Waals surface area contributed by atoms with Crippen LogP contribution in [0.1, 0.15) is 11.8 Å². The number of allylic oxidation sites excluding steroid dienone is 1. The smallest absolute Gasteiger partial charge is 0.307 e. The Morgan fingerprint density at radius 3 is 2.60 bits per heavy atom. The predicted octanol–water partition coefficient (Wildman–Crippen LogP) is 1.18. The van der Waals surface area contributed by atoms with Crippen LogP contribution in [-0.4, -0.2) is 10.1 Å². The van der Waals surface area contributed by atoms with E-state index < -0.39 is 0 Å². The van der Waals surface area contributed by atoms with E-state index in [1.54, 1.807) is 6.92 Å². The number of aromatic amines is 1. The van der Waals surface area contributed by atoms with Crippen molar-refractivity contribution in [2.45, 2.75) is 6.92 Å². The molecule has 1 heterocycles. The van der Waals surface area contributed by atoms with E-state index in [2.05, 4.69) is 11.6 Å². The fraction of sp³-hybridized carbons (Fsp3) is 0.167. The first-order chi connectivity index (χ1) is 4.61. The minimum Gasteiger partial charge on any atom is -0.493 e. The molecule has 1 aromatic heterocycles. The van der Waals surface area contributed by atoms with E-state index in [1.807, 2.05) is 0 Å². The van der Waals surface area contributed by atoms with Crippen molar-refractivity contribution in [2.75, 3.05) is 0 Å². The van der Waals surface area contributed by atoms with Gasteiger partial charge in [0.25, 0.3) is 0 Å². The summed E-state index contributed by atoms with van der Waals surface area (Å²) >= 11 is 0.962. The average Bonchev–Trinajstić information content (AvgIpc) is 2.10. The molecule has 0 aliphatic heterocycles. The van der Waals surface area contributed by atoms with Gasteiger partial charge in [0.1, 0.15) is 0 Å². The molecular formula is C6H7NO2S. The zero-order chi connectivity index (χ0) is 7.72. The summed E-state index contributed by atoms with van der Waals surface area (Å²) in [6, 6.07) is 0. The molecule has 54 valence electrons. The number of hydrogen-bond donors (Lipinski definition) is 2. The number of aromatic hydroxyl groups is 1. The van der Waals surface area contributed by atoms with Crippen molar-refractivity contribution in [1.82, 2.24) is 4.98 Å². The summed E-state index contributed by atoms with van der Waals surface area (Å²) in [5, 5.41) is 9.00. The predicted molar refractivity (Wildman–Crippen MR) is 41.3 cm³/mol. The number of rotatable bonds is 1. The molecule has 0 saturated carbocycles. The van der Waals surface area contributed by atoms with Crippen molar-refractivity contribution in [1.29, 1.82) is 0 Å². The summed E-state index contributed by atoms with van der Waals surface area (Å²) in [7, 11) is 0. The van der Waals surface area contributed by atoms with Gasteiger partial charge in [-0.1, -0.05) is 17.9 Å². The van der Waals surface area contributed by atoms with Crippen LogP contribution >= 0.6 is 11.3 Å². The lowest BCUT2D eigenvalue weighted by atomic mass is 10.3. The zero-order valence-electron chi connectivity index (χ0n) is 5.47. The summed E-state index contributed by atoms with van der Waals surface area (Å²) in [6.45, 7) is 5.33. The van der Waals surface area contributed by atoms with Gasteiger partial charge in [0, 0.05) is 0 Å². The van der Waals surface area contributed by atoms with Gasteiger partial charge in [-0.15, -0.1) is 0 Å². The normalized spacial score (nSPS) is 9.70. The van der Waals surface area contributed by atoms with Crippen LogP contribution in [0.4, 0.5) is 0 Å². The highest BCUT2D eigenvalue weighted by Gasteiger charge is 2.05. The molecule has 0 atom stereocenters. The molecule has 0 saturated heterocycles. The molecule has 0 bridgehead atoms. The largest absolute Gasteiger partial charge is 0.493 e. The van der Waals surface area contributed by atoms with E-state index >= 15 is 0 Å². The molecule has 4 heteroatoms. The van der Waals surface area contributed by atoms with Gasteiger partial charge in [-0.05, 0) is 12.5 Å². The molecule has 0 spiro atoms. The van der Waals surface area contributed by atoms with Gasteiger partial charge in [-0.25, -0.2) is 0 Å². The van der Waals surface area contributed by atoms with Crippen molar-refractivity contribution in [2.24, 2.45) is 0 Å². The highest BCUT2D eigenvalue weighted by atomic mass is 32.1. The topological polar surface area (TPSA) is 53.1 Å². The molecule has 0 fully saturated rings. The Morgan fingerprint density at radius 2 is 2.40 bits per heavy atom. The summed E-state index contributed by atoms with van der Waals surface area (Å²) in [5.74, 6) is -0.0810. The standard InChI is InChI=1S/C6H7NO2S/c1-3(2)4-5(8)7-6(9)10-4/h8H,1H2,2H3,(H,7,9). The maximum Gasteiger partial charge on any atom is 0.307 e. The van der Waals surface area contributed by atoms with Crippen molar-refractivity contribution in [3.63, 3.8) is 0 Å². The van der Waals surface area contributed by atoms with Crippen LogP contribution in [0.2, 0.25) is 0 Å². The van der Waals surface area contributed by atoms with Crippen LogP contribution in [-0.2, 0) is 0 Å². The first-order valence-electron chi connectivity index (χ1n) is 2.69. The molecule has 1 rings (SSSR count). The fourth-order valence-corrected chi connectivity index (χ4v) is 1.26. The number of nitrogens with one attached hydrogen (secondary N) is 1. The second-order valence-corrected chi connectivity index (χ2v) is 2.96. The highest BCUT2D eigenvalue weighted by molar-refractivity contribution is 7.10. The number of H-pyrrole nitrogens is 1. The number of hydrogen-bond acceptors (Lipinski definition) is 3. The van der Waals surface area contributed by atoms with E-state index in [0.717, 1.165) is 11.3 Å². The summed E-state index contributed by atoms with van der Waals surface area (Å²) in [4.78, 5) is 13.1. The Hall–Kier alpha value is -1.03. The lowest BCUT2D eigenvalue weighted by Crippen LogP contribution is -1.89. The van der Waals surface area contributed by atoms with E-state index in [0.29, 0.717) is 10.5 Å². The molecule has 0 aliphatic rings. The van der Waals surface area contributed by atoms with Crippen molar-refractivity contribution in [3.8, 4) is 5.88 Å². The Bertz CT molecular complexity index is 310. The molecule has 0 aromatic carbocycles. The Balaban J connectivity index is 3.28. The van der Waals surface area contributed by atoms with Gasteiger partial charge in [0.15, 0.2) is 0 Å². The third-order valence-electron chi connectivity index (χ3n) is 1.02. The van der Waals surface area contributed by atoms with Gasteiger partial charge < -0.3 is 5.11 Å². The zero-order valence-corrected chi connectivity index (χ0v) is 6.29. The quantitative estimate of drug-likeness (QED) is 0.643.